The molecule has 1 heterocycles. The van der Waals surface area contributed by atoms with Crippen LogP contribution in [0.2, 0.25) is 0 Å². The maximum absolute atomic E-state index is 12.3. The van der Waals surface area contributed by atoms with E-state index in [0.29, 0.717) is 12.3 Å². The number of H-pyrrole nitrogens is 1. The van der Waals surface area contributed by atoms with Gasteiger partial charge in [-0.25, -0.2) is 8.42 Å². The van der Waals surface area contributed by atoms with Gasteiger partial charge in [0, 0.05) is 23.6 Å². The third kappa shape index (κ3) is 6.90. The van der Waals surface area contributed by atoms with Crippen LogP contribution in [0.4, 0.5) is 5.69 Å². The van der Waals surface area contributed by atoms with Crippen molar-refractivity contribution < 1.29 is 17.9 Å². The number of anilines is 1. The van der Waals surface area contributed by atoms with Gasteiger partial charge in [-0.2, -0.15) is 0 Å². The molecule has 0 spiro atoms. The van der Waals surface area contributed by atoms with E-state index in [4.69, 9.17) is 4.74 Å². The van der Waals surface area contributed by atoms with Gasteiger partial charge in [0.05, 0.1) is 12.4 Å². The fourth-order valence-corrected chi connectivity index (χ4v) is 3.57. The number of amides is 1. The monoisotopic (exact) mass is 392 g/mol. The molecule has 0 unspecified atom stereocenters. The Morgan fingerprint density at radius 1 is 1.26 bits per heavy atom. The number of pyridine rings is 1. The quantitative estimate of drug-likeness (QED) is 0.717. The first-order chi connectivity index (χ1) is 12.6. The van der Waals surface area contributed by atoms with Crippen molar-refractivity contribution in [2.24, 2.45) is 5.92 Å². The van der Waals surface area contributed by atoms with Gasteiger partial charge in [-0.15, -0.1) is 0 Å². The van der Waals surface area contributed by atoms with Gasteiger partial charge in [0.2, 0.25) is 11.3 Å². The summed E-state index contributed by atoms with van der Waals surface area (Å²) in [6, 6.07) is 8.26. The van der Waals surface area contributed by atoms with Crippen LogP contribution in [0.1, 0.15) is 25.1 Å². The van der Waals surface area contributed by atoms with Crippen molar-refractivity contribution >= 4 is 21.4 Å². The molecule has 0 fully saturated rings. The molecule has 2 aromatic rings. The normalized spacial score (nSPS) is 11.4. The van der Waals surface area contributed by atoms with Gasteiger partial charge in [-0.05, 0) is 30.5 Å². The van der Waals surface area contributed by atoms with E-state index in [1.165, 1.54) is 12.3 Å². The van der Waals surface area contributed by atoms with Crippen LogP contribution in [0, 0.1) is 12.8 Å². The highest BCUT2D eigenvalue weighted by Crippen LogP contribution is 2.11. The first kappa shape index (κ1) is 20.7. The molecule has 0 aliphatic carbocycles. The Balaban J connectivity index is 2.00. The van der Waals surface area contributed by atoms with Crippen molar-refractivity contribution in [3.8, 4) is 5.75 Å². The zero-order valence-corrected chi connectivity index (χ0v) is 16.4. The van der Waals surface area contributed by atoms with Crippen molar-refractivity contribution in [2.75, 3.05) is 17.7 Å². The Hall–Kier alpha value is -2.61. The number of hydrogen-bond donors (Lipinski definition) is 2. The SMILES string of the molecule is Cc1cccc(NC(=O)CS(=O)(=O)Cc2cc(=O)c(OCC(C)C)c[nH]2)c1. The highest BCUT2D eigenvalue weighted by atomic mass is 32.2. The van der Waals surface area contributed by atoms with E-state index >= 15 is 0 Å². The Labute approximate surface area is 158 Å². The van der Waals surface area contributed by atoms with E-state index in [0.717, 1.165) is 5.56 Å². The molecule has 27 heavy (non-hydrogen) atoms. The van der Waals surface area contributed by atoms with Crippen LogP contribution in [0.5, 0.6) is 5.75 Å². The Bertz CT molecular complexity index is 964. The number of ether oxygens (including phenoxy) is 1. The second kappa shape index (κ2) is 8.85. The fraction of sp³-hybridized carbons (Fsp3) is 0.368. The summed E-state index contributed by atoms with van der Waals surface area (Å²) in [5, 5.41) is 2.56. The number of aryl methyl sites for hydroxylation is 1. The Kier molecular flexibility index (Phi) is 6.79. The lowest BCUT2D eigenvalue weighted by atomic mass is 10.2. The Morgan fingerprint density at radius 3 is 2.63 bits per heavy atom. The molecule has 8 heteroatoms. The zero-order valence-electron chi connectivity index (χ0n) is 15.6. The molecular formula is C19H24N2O5S. The van der Waals surface area contributed by atoms with E-state index < -0.39 is 32.7 Å². The molecule has 146 valence electrons. The van der Waals surface area contributed by atoms with Crippen molar-refractivity contribution in [3.05, 3.63) is 58.0 Å². The number of aromatic amines is 1. The van der Waals surface area contributed by atoms with Crippen LogP contribution in [0.25, 0.3) is 0 Å². The van der Waals surface area contributed by atoms with Gasteiger partial charge in [0.25, 0.3) is 0 Å². The second-order valence-corrected chi connectivity index (χ2v) is 8.91. The molecule has 0 radical (unpaired) electrons. The van der Waals surface area contributed by atoms with Crippen LogP contribution < -0.4 is 15.5 Å². The minimum absolute atomic E-state index is 0.141. The van der Waals surface area contributed by atoms with Crippen molar-refractivity contribution in [1.29, 1.82) is 0 Å². The molecule has 0 atom stereocenters. The smallest absolute Gasteiger partial charge is 0.239 e. The first-order valence-electron chi connectivity index (χ1n) is 8.56. The standard InChI is InChI=1S/C19H24N2O5S/c1-13(2)10-26-18-9-20-16(8-17(18)22)11-27(24,25)12-19(23)21-15-6-4-5-14(3)7-15/h4-9,13H,10-12H2,1-3H3,(H,20,22)(H,21,23). The van der Waals surface area contributed by atoms with Crippen LogP contribution >= 0.6 is 0 Å². The summed E-state index contributed by atoms with van der Waals surface area (Å²) < 4.78 is 29.9. The van der Waals surface area contributed by atoms with E-state index in [1.54, 1.807) is 18.2 Å². The maximum atomic E-state index is 12.3. The molecule has 1 aromatic carbocycles. The second-order valence-electron chi connectivity index (χ2n) is 6.84. The molecule has 1 amide bonds. The number of rotatable bonds is 8. The first-order valence-corrected chi connectivity index (χ1v) is 10.4. The average Bonchev–Trinajstić information content (AvgIpc) is 2.52. The van der Waals surface area contributed by atoms with Gasteiger partial charge in [0.1, 0.15) is 5.75 Å². The number of hydrogen-bond acceptors (Lipinski definition) is 5. The van der Waals surface area contributed by atoms with Crippen LogP contribution in [0.3, 0.4) is 0 Å². The van der Waals surface area contributed by atoms with Gasteiger partial charge < -0.3 is 15.0 Å². The molecule has 7 nitrogen and oxygen atoms in total. The lowest BCUT2D eigenvalue weighted by Gasteiger charge is -2.09. The third-order valence-electron chi connectivity index (χ3n) is 3.54. The largest absolute Gasteiger partial charge is 0.488 e. The minimum Gasteiger partial charge on any atom is -0.488 e. The molecule has 2 rings (SSSR count). The van der Waals surface area contributed by atoms with E-state index in [-0.39, 0.29) is 17.4 Å². The fourth-order valence-electron chi connectivity index (χ4n) is 2.36. The summed E-state index contributed by atoms with van der Waals surface area (Å²) in [6.45, 7) is 6.17. The van der Waals surface area contributed by atoms with Crippen LogP contribution in [-0.2, 0) is 20.4 Å². The molecule has 1 aromatic heterocycles. The van der Waals surface area contributed by atoms with Gasteiger partial charge in [0.15, 0.2) is 15.6 Å². The van der Waals surface area contributed by atoms with Gasteiger partial charge in [-0.3, -0.25) is 9.59 Å². The molecule has 0 aliphatic rings. The molecule has 0 bridgehead atoms. The van der Waals surface area contributed by atoms with Crippen molar-refractivity contribution in [1.82, 2.24) is 4.98 Å². The summed E-state index contributed by atoms with van der Waals surface area (Å²) in [4.78, 5) is 26.8. The molecule has 0 saturated carbocycles. The predicted molar refractivity (Wildman–Crippen MR) is 105 cm³/mol. The molecule has 0 saturated heterocycles. The van der Waals surface area contributed by atoms with E-state index in [2.05, 4.69) is 10.3 Å². The number of carbonyl (C=O) groups excluding carboxylic acids is 1. The lowest BCUT2D eigenvalue weighted by Crippen LogP contribution is -2.24. The number of carbonyl (C=O) groups is 1. The number of sulfone groups is 1. The summed E-state index contributed by atoms with van der Waals surface area (Å²) in [5.74, 6) is -1.33. The minimum atomic E-state index is -3.74. The lowest BCUT2D eigenvalue weighted by molar-refractivity contribution is -0.113. The zero-order chi connectivity index (χ0) is 20.0. The summed E-state index contributed by atoms with van der Waals surface area (Å²) in [6.07, 6.45) is 1.35. The van der Waals surface area contributed by atoms with Crippen LogP contribution in [0.15, 0.2) is 41.3 Å². The summed E-state index contributed by atoms with van der Waals surface area (Å²) >= 11 is 0. The van der Waals surface area contributed by atoms with Crippen molar-refractivity contribution in [2.45, 2.75) is 26.5 Å². The predicted octanol–water partition coefficient (Wildman–Crippen LogP) is 2.27. The summed E-state index contributed by atoms with van der Waals surface area (Å²) in [5.41, 5.74) is 1.30. The number of aromatic nitrogens is 1. The maximum Gasteiger partial charge on any atom is 0.239 e. The molecular weight excluding hydrogens is 368 g/mol. The van der Waals surface area contributed by atoms with E-state index in [9.17, 15) is 18.0 Å². The van der Waals surface area contributed by atoms with Gasteiger partial charge in [-0.1, -0.05) is 26.0 Å². The highest BCUT2D eigenvalue weighted by Gasteiger charge is 2.19. The summed E-state index contributed by atoms with van der Waals surface area (Å²) in [7, 11) is -3.74. The van der Waals surface area contributed by atoms with Crippen molar-refractivity contribution in [3.63, 3.8) is 0 Å². The average molecular weight is 392 g/mol. The molecule has 0 aliphatic heterocycles. The third-order valence-corrected chi connectivity index (χ3v) is 4.99. The number of benzene rings is 1. The topological polar surface area (TPSA) is 105 Å². The highest BCUT2D eigenvalue weighted by molar-refractivity contribution is 7.91. The molecule has 2 N–H and O–H groups in total. The number of nitrogens with one attached hydrogen (secondary N) is 2. The Morgan fingerprint density at radius 2 is 2.00 bits per heavy atom. The van der Waals surface area contributed by atoms with Crippen LogP contribution in [-0.4, -0.2) is 31.7 Å². The van der Waals surface area contributed by atoms with E-state index in [1.807, 2.05) is 26.8 Å². The van der Waals surface area contributed by atoms with Gasteiger partial charge >= 0.3 is 0 Å².